The number of aliphatic hydroxyl groups excluding tert-OH is 2. The highest BCUT2D eigenvalue weighted by Gasteiger charge is 2.38. The number of benzene rings is 1. The van der Waals surface area contributed by atoms with Gasteiger partial charge in [0.25, 0.3) is 0 Å². The van der Waals surface area contributed by atoms with Crippen molar-refractivity contribution in [1.29, 1.82) is 0 Å². The third kappa shape index (κ3) is 1.91. The van der Waals surface area contributed by atoms with Crippen molar-refractivity contribution in [2.45, 2.75) is 38.1 Å². The van der Waals surface area contributed by atoms with E-state index >= 15 is 0 Å². The van der Waals surface area contributed by atoms with Crippen LogP contribution in [0.2, 0.25) is 0 Å². The zero-order chi connectivity index (χ0) is 11.0. The molecule has 0 aromatic heterocycles. The molecule has 3 N–H and O–H groups in total. The second kappa shape index (κ2) is 3.93. The van der Waals surface area contributed by atoms with Gasteiger partial charge in [0.15, 0.2) is 0 Å². The second-order valence-corrected chi connectivity index (χ2v) is 4.32. The van der Waals surface area contributed by atoms with Gasteiger partial charge in [-0.25, -0.2) is 0 Å². The molecule has 1 unspecified atom stereocenters. The summed E-state index contributed by atoms with van der Waals surface area (Å²) in [4.78, 5) is 0. The average molecular weight is 207 g/mol. The second-order valence-electron chi connectivity index (χ2n) is 4.32. The minimum Gasteiger partial charge on any atom is -0.389 e. The number of rotatable bonds is 1. The van der Waals surface area contributed by atoms with Crippen molar-refractivity contribution < 1.29 is 10.2 Å². The number of hydrogen-bond acceptors (Lipinski definition) is 3. The van der Waals surface area contributed by atoms with Crippen LogP contribution in [0.1, 0.15) is 24.1 Å². The van der Waals surface area contributed by atoms with E-state index in [0.717, 1.165) is 5.56 Å². The molecule has 1 saturated heterocycles. The average Bonchev–Trinajstić information content (AvgIpc) is 2.47. The lowest BCUT2D eigenvalue weighted by atomic mass is 10.0. The van der Waals surface area contributed by atoms with Crippen LogP contribution in [0.4, 0.5) is 0 Å². The summed E-state index contributed by atoms with van der Waals surface area (Å²) in [6.07, 6.45) is -1.40. The quantitative estimate of drug-likeness (QED) is 0.637. The van der Waals surface area contributed by atoms with Crippen molar-refractivity contribution in [1.82, 2.24) is 5.32 Å². The van der Waals surface area contributed by atoms with Gasteiger partial charge in [0.2, 0.25) is 0 Å². The van der Waals surface area contributed by atoms with E-state index in [4.69, 9.17) is 0 Å². The van der Waals surface area contributed by atoms with Crippen LogP contribution in [0.3, 0.4) is 0 Å². The van der Waals surface area contributed by atoms with E-state index in [1.807, 2.05) is 38.1 Å². The molecule has 0 saturated carbocycles. The van der Waals surface area contributed by atoms with Gasteiger partial charge in [0.1, 0.15) is 6.10 Å². The Hall–Kier alpha value is -0.900. The minimum atomic E-state index is -0.720. The van der Waals surface area contributed by atoms with E-state index in [9.17, 15) is 10.2 Å². The first-order valence-corrected chi connectivity index (χ1v) is 5.28. The first-order chi connectivity index (χ1) is 7.09. The highest BCUT2D eigenvalue weighted by molar-refractivity contribution is 5.26. The molecule has 1 heterocycles. The van der Waals surface area contributed by atoms with Crippen LogP contribution in [0.15, 0.2) is 24.3 Å². The van der Waals surface area contributed by atoms with Crippen LogP contribution < -0.4 is 5.32 Å². The molecule has 1 aromatic rings. The summed E-state index contributed by atoms with van der Waals surface area (Å²) in [6.45, 7) is 3.90. The summed E-state index contributed by atoms with van der Waals surface area (Å²) < 4.78 is 0. The van der Waals surface area contributed by atoms with Crippen molar-refractivity contribution in [3.05, 3.63) is 35.4 Å². The normalized spacial score (nSPS) is 35.7. The minimum absolute atomic E-state index is 0.0636. The van der Waals surface area contributed by atoms with Gasteiger partial charge in [-0.1, -0.05) is 29.8 Å². The topological polar surface area (TPSA) is 52.5 Å². The third-order valence-electron chi connectivity index (χ3n) is 3.08. The van der Waals surface area contributed by atoms with Gasteiger partial charge >= 0.3 is 0 Å². The van der Waals surface area contributed by atoms with Crippen LogP contribution in [-0.2, 0) is 0 Å². The van der Waals surface area contributed by atoms with Crippen molar-refractivity contribution in [3.63, 3.8) is 0 Å². The Balaban J connectivity index is 2.22. The van der Waals surface area contributed by atoms with Crippen LogP contribution in [-0.4, -0.2) is 28.5 Å². The maximum absolute atomic E-state index is 9.84. The van der Waals surface area contributed by atoms with Gasteiger partial charge in [-0.2, -0.15) is 0 Å². The molecule has 82 valence electrons. The highest BCUT2D eigenvalue weighted by atomic mass is 16.3. The smallest absolute Gasteiger partial charge is 0.101 e. The molecule has 1 aliphatic rings. The van der Waals surface area contributed by atoms with Gasteiger partial charge in [-0.15, -0.1) is 0 Å². The highest BCUT2D eigenvalue weighted by Crippen LogP contribution is 2.27. The van der Waals surface area contributed by atoms with Crippen molar-refractivity contribution in [2.75, 3.05) is 0 Å². The van der Waals surface area contributed by atoms with Crippen molar-refractivity contribution in [2.24, 2.45) is 0 Å². The molecule has 0 aliphatic carbocycles. The summed E-state index contributed by atoms with van der Waals surface area (Å²) in [5, 5.41) is 22.7. The molecular formula is C12H17NO2. The first kappa shape index (κ1) is 10.6. The van der Waals surface area contributed by atoms with Crippen LogP contribution in [0, 0.1) is 6.92 Å². The zero-order valence-corrected chi connectivity index (χ0v) is 9.01. The monoisotopic (exact) mass is 207 g/mol. The number of nitrogens with one attached hydrogen (secondary N) is 1. The molecule has 3 heteroatoms. The van der Waals surface area contributed by atoms with E-state index in [1.54, 1.807) is 0 Å². The van der Waals surface area contributed by atoms with E-state index in [0.29, 0.717) is 0 Å². The van der Waals surface area contributed by atoms with Crippen molar-refractivity contribution in [3.8, 4) is 0 Å². The lowest BCUT2D eigenvalue weighted by molar-refractivity contribution is 0.0301. The standard InChI is InChI=1S/C12H17NO2/c1-7-3-5-9(6-4-7)10-12(15)11(14)8(2)13-10/h3-6,8,10-15H,1-2H3/t8-,10?,11+,12-/m0/s1. The maximum Gasteiger partial charge on any atom is 0.101 e. The number of hydrogen-bond donors (Lipinski definition) is 3. The lowest BCUT2D eigenvalue weighted by Gasteiger charge is -2.16. The molecule has 4 atom stereocenters. The van der Waals surface area contributed by atoms with Gasteiger partial charge in [0.05, 0.1) is 12.1 Å². The molecule has 3 nitrogen and oxygen atoms in total. The van der Waals surface area contributed by atoms with Crippen molar-refractivity contribution >= 4 is 0 Å². The summed E-state index contributed by atoms with van der Waals surface area (Å²) in [6, 6.07) is 7.78. The molecule has 0 bridgehead atoms. The predicted octanol–water partition coefficient (Wildman–Crippen LogP) is 0.750. The molecule has 2 rings (SSSR count). The van der Waals surface area contributed by atoms with Crippen LogP contribution >= 0.6 is 0 Å². The Morgan fingerprint density at radius 3 is 2.13 bits per heavy atom. The van der Waals surface area contributed by atoms with Gasteiger partial charge in [0, 0.05) is 6.04 Å². The van der Waals surface area contributed by atoms with E-state index in [1.165, 1.54) is 5.56 Å². The largest absolute Gasteiger partial charge is 0.389 e. The Kier molecular flexibility index (Phi) is 2.78. The summed E-state index contributed by atoms with van der Waals surface area (Å²) in [7, 11) is 0. The predicted molar refractivity (Wildman–Crippen MR) is 58.5 cm³/mol. The Morgan fingerprint density at radius 1 is 1.07 bits per heavy atom. The summed E-state index contributed by atoms with van der Waals surface area (Å²) in [5.41, 5.74) is 2.22. The van der Waals surface area contributed by atoms with E-state index in [2.05, 4.69) is 5.32 Å². The Labute approximate surface area is 89.8 Å². The number of aryl methyl sites for hydroxylation is 1. The first-order valence-electron chi connectivity index (χ1n) is 5.28. The van der Waals surface area contributed by atoms with Gasteiger partial charge < -0.3 is 15.5 Å². The fourth-order valence-corrected chi connectivity index (χ4v) is 2.04. The molecule has 1 aromatic carbocycles. The summed E-state index contributed by atoms with van der Waals surface area (Å²) >= 11 is 0. The fraction of sp³-hybridized carbons (Fsp3) is 0.500. The molecule has 1 aliphatic heterocycles. The van der Waals surface area contributed by atoms with Gasteiger partial charge in [-0.3, -0.25) is 0 Å². The fourth-order valence-electron chi connectivity index (χ4n) is 2.04. The summed E-state index contributed by atoms with van der Waals surface area (Å²) in [5.74, 6) is 0. The third-order valence-corrected chi connectivity index (χ3v) is 3.08. The Bertz CT molecular complexity index is 336. The molecule has 0 radical (unpaired) electrons. The van der Waals surface area contributed by atoms with Gasteiger partial charge in [-0.05, 0) is 19.4 Å². The zero-order valence-electron chi connectivity index (χ0n) is 9.01. The van der Waals surface area contributed by atoms with E-state index in [-0.39, 0.29) is 12.1 Å². The van der Waals surface area contributed by atoms with Crippen LogP contribution in [0.25, 0.3) is 0 Å². The number of aliphatic hydroxyl groups is 2. The molecular weight excluding hydrogens is 190 g/mol. The SMILES string of the molecule is Cc1ccc(C2N[C@@H](C)[C@@H](O)[C@H]2O)cc1. The molecule has 1 fully saturated rings. The maximum atomic E-state index is 9.84. The lowest BCUT2D eigenvalue weighted by Crippen LogP contribution is -2.29. The molecule has 0 spiro atoms. The Morgan fingerprint density at radius 2 is 1.67 bits per heavy atom. The van der Waals surface area contributed by atoms with E-state index < -0.39 is 12.2 Å². The molecule has 0 amide bonds. The molecule has 15 heavy (non-hydrogen) atoms. The van der Waals surface area contributed by atoms with Crippen LogP contribution in [0.5, 0.6) is 0 Å².